The average Bonchev–Trinajstić information content (AvgIpc) is 2.94. The van der Waals surface area contributed by atoms with Gasteiger partial charge in [-0.2, -0.15) is 4.98 Å². The Morgan fingerprint density at radius 2 is 1.79 bits per heavy atom. The molecule has 0 radical (unpaired) electrons. The van der Waals surface area contributed by atoms with Gasteiger partial charge in [-0.05, 0) is 67.8 Å². The first-order valence-corrected chi connectivity index (χ1v) is 13.0. The van der Waals surface area contributed by atoms with Crippen LogP contribution in [0.25, 0.3) is 16.7 Å². The van der Waals surface area contributed by atoms with Gasteiger partial charge in [-0.25, -0.2) is 9.78 Å². The number of nitrogens with zero attached hydrogens (tertiary/aromatic N) is 4. The van der Waals surface area contributed by atoms with Crippen molar-refractivity contribution in [2.45, 2.75) is 39.2 Å². The number of benzene rings is 2. The monoisotopic (exact) mass is 513 g/mol. The molecule has 196 valence electrons. The number of hydrogen-bond donors (Lipinski definition) is 2. The number of aromatic nitrogens is 3. The number of anilines is 2. The van der Waals surface area contributed by atoms with Gasteiger partial charge in [0.25, 0.3) is 0 Å². The van der Waals surface area contributed by atoms with E-state index in [2.05, 4.69) is 34.0 Å². The number of carboxylic acids is 1. The van der Waals surface area contributed by atoms with Crippen LogP contribution < -0.4 is 15.5 Å². The van der Waals surface area contributed by atoms with Crippen LogP contribution in [-0.2, 0) is 6.42 Å². The van der Waals surface area contributed by atoms with Gasteiger partial charge in [0, 0.05) is 36.9 Å². The minimum absolute atomic E-state index is 0.132. The van der Waals surface area contributed by atoms with Crippen LogP contribution in [0.5, 0.6) is 5.75 Å². The number of aromatic carboxylic acids is 1. The predicted octanol–water partition coefficient (Wildman–Crippen LogP) is 4.65. The summed E-state index contributed by atoms with van der Waals surface area (Å²) in [5, 5.41) is 12.9. The molecule has 3 heterocycles. The van der Waals surface area contributed by atoms with Gasteiger partial charge in [0.15, 0.2) is 5.65 Å². The molecule has 0 bridgehead atoms. The fourth-order valence-corrected chi connectivity index (χ4v) is 4.69. The molecular weight excluding hydrogens is 482 g/mol. The van der Waals surface area contributed by atoms with Crippen molar-refractivity contribution in [2.75, 3.05) is 25.0 Å². The fourth-order valence-electron chi connectivity index (χ4n) is 4.69. The van der Waals surface area contributed by atoms with Gasteiger partial charge < -0.3 is 24.6 Å². The quantitative estimate of drug-likeness (QED) is 0.351. The standard InChI is InChI=1S/C29H31N5O4/c1-3-19-5-9-21(10-6-19)34-18-25(28(36)37)26(35)24-17-30-29(32-27(24)34)31-20-7-11-22(12-8-20)38-23-13-15-33(4-2)16-14-23/h5-12,17-18,23H,3-4,13-16H2,1-2H3,(H,36,37)(H,30,31,32). The highest BCUT2D eigenvalue weighted by atomic mass is 16.5. The Labute approximate surface area is 220 Å². The van der Waals surface area contributed by atoms with E-state index in [4.69, 9.17) is 4.74 Å². The van der Waals surface area contributed by atoms with Crippen molar-refractivity contribution in [3.05, 3.63) is 82.3 Å². The summed E-state index contributed by atoms with van der Waals surface area (Å²) in [5.41, 5.74) is 1.98. The number of carboxylic acid groups (broad SMARTS) is 1. The van der Waals surface area contributed by atoms with Gasteiger partial charge in [0.05, 0.1) is 5.39 Å². The largest absolute Gasteiger partial charge is 0.490 e. The van der Waals surface area contributed by atoms with E-state index in [9.17, 15) is 14.7 Å². The number of pyridine rings is 1. The van der Waals surface area contributed by atoms with E-state index in [1.165, 1.54) is 12.4 Å². The summed E-state index contributed by atoms with van der Waals surface area (Å²) in [7, 11) is 0. The van der Waals surface area contributed by atoms with Crippen LogP contribution in [0, 0.1) is 0 Å². The lowest BCUT2D eigenvalue weighted by Gasteiger charge is -2.31. The third-order valence-corrected chi connectivity index (χ3v) is 6.99. The van der Waals surface area contributed by atoms with Crippen molar-refractivity contribution < 1.29 is 14.6 Å². The molecule has 2 aromatic carbocycles. The maximum Gasteiger partial charge on any atom is 0.341 e. The summed E-state index contributed by atoms with van der Waals surface area (Å²) < 4.78 is 7.78. The molecule has 0 saturated carbocycles. The number of piperidine rings is 1. The van der Waals surface area contributed by atoms with Crippen LogP contribution in [0.3, 0.4) is 0 Å². The van der Waals surface area contributed by atoms with Crippen molar-refractivity contribution in [3.63, 3.8) is 0 Å². The zero-order chi connectivity index (χ0) is 26.6. The van der Waals surface area contributed by atoms with Crippen molar-refractivity contribution in [1.82, 2.24) is 19.4 Å². The first-order chi connectivity index (χ1) is 18.4. The molecule has 2 aromatic heterocycles. The van der Waals surface area contributed by atoms with Crippen molar-refractivity contribution in [1.29, 1.82) is 0 Å². The summed E-state index contributed by atoms with van der Waals surface area (Å²) in [5.74, 6) is -0.189. The molecule has 5 rings (SSSR count). The van der Waals surface area contributed by atoms with E-state index < -0.39 is 11.4 Å². The number of carbonyl (C=O) groups is 1. The minimum Gasteiger partial charge on any atom is -0.490 e. The molecule has 9 heteroatoms. The van der Waals surface area contributed by atoms with Crippen LogP contribution in [0.1, 0.15) is 42.6 Å². The number of fused-ring (bicyclic) bond motifs is 1. The summed E-state index contributed by atoms with van der Waals surface area (Å²) >= 11 is 0. The third-order valence-electron chi connectivity index (χ3n) is 6.99. The summed E-state index contributed by atoms with van der Waals surface area (Å²) in [6.45, 7) is 7.43. The van der Waals surface area contributed by atoms with E-state index in [1.807, 2.05) is 48.5 Å². The Morgan fingerprint density at radius 1 is 1.08 bits per heavy atom. The molecule has 0 aliphatic carbocycles. The molecule has 4 aromatic rings. The van der Waals surface area contributed by atoms with Crippen LogP contribution in [0.15, 0.2) is 65.7 Å². The molecule has 1 fully saturated rings. The Bertz CT molecular complexity index is 1490. The number of nitrogens with one attached hydrogen (secondary N) is 1. The maximum absolute atomic E-state index is 12.8. The second-order valence-corrected chi connectivity index (χ2v) is 9.40. The highest BCUT2D eigenvalue weighted by Crippen LogP contribution is 2.23. The SMILES string of the molecule is CCc1ccc(-n2cc(C(=O)O)c(=O)c3cnc(Nc4ccc(OC5CCN(CC)CC5)cc4)nc32)cc1. The minimum atomic E-state index is -1.30. The smallest absolute Gasteiger partial charge is 0.341 e. The van der Waals surface area contributed by atoms with Gasteiger partial charge in [-0.15, -0.1) is 0 Å². The van der Waals surface area contributed by atoms with E-state index in [-0.39, 0.29) is 17.1 Å². The molecule has 0 spiro atoms. The number of ether oxygens (including phenoxy) is 1. The van der Waals surface area contributed by atoms with Gasteiger partial charge in [0.1, 0.15) is 17.4 Å². The maximum atomic E-state index is 12.8. The highest BCUT2D eigenvalue weighted by molar-refractivity contribution is 5.92. The van der Waals surface area contributed by atoms with Gasteiger partial charge >= 0.3 is 5.97 Å². The second-order valence-electron chi connectivity index (χ2n) is 9.40. The lowest BCUT2D eigenvalue weighted by molar-refractivity contribution is 0.0695. The van der Waals surface area contributed by atoms with Gasteiger partial charge in [-0.3, -0.25) is 4.79 Å². The third kappa shape index (κ3) is 5.38. The van der Waals surface area contributed by atoms with Crippen LogP contribution in [0.4, 0.5) is 11.6 Å². The fraction of sp³-hybridized carbons (Fsp3) is 0.310. The number of aryl methyl sites for hydroxylation is 1. The Kier molecular flexibility index (Phi) is 7.37. The van der Waals surface area contributed by atoms with Crippen LogP contribution in [0.2, 0.25) is 0 Å². The lowest BCUT2D eigenvalue weighted by atomic mass is 10.1. The molecule has 0 atom stereocenters. The molecule has 2 N–H and O–H groups in total. The number of hydrogen-bond acceptors (Lipinski definition) is 7. The first-order valence-electron chi connectivity index (χ1n) is 13.0. The second kappa shape index (κ2) is 11.0. The highest BCUT2D eigenvalue weighted by Gasteiger charge is 2.20. The van der Waals surface area contributed by atoms with Crippen LogP contribution in [-0.4, -0.2) is 56.2 Å². The van der Waals surface area contributed by atoms with E-state index in [0.717, 1.165) is 55.9 Å². The summed E-state index contributed by atoms with van der Waals surface area (Å²) in [6, 6.07) is 15.3. The average molecular weight is 514 g/mol. The molecule has 9 nitrogen and oxygen atoms in total. The van der Waals surface area contributed by atoms with E-state index >= 15 is 0 Å². The van der Waals surface area contributed by atoms with E-state index in [0.29, 0.717) is 17.3 Å². The van der Waals surface area contributed by atoms with Gasteiger partial charge in [-0.1, -0.05) is 26.0 Å². The molecule has 1 saturated heterocycles. The molecular formula is C29H31N5O4. The lowest BCUT2D eigenvalue weighted by Crippen LogP contribution is -2.37. The summed E-state index contributed by atoms with van der Waals surface area (Å²) in [4.78, 5) is 35.9. The van der Waals surface area contributed by atoms with Crippen molar-refractivity contribution in [2.24, 2.45) is 0 Å². The van der Waals surface area contributed by atoms with E-state index in [1.54, 1.807) is 4.57 Å². The molecule has 1 aliphatic rings. The molecule has 38 heavy (non-hydrogen) atoms. The molecule has 0 amide bonds. The summed E-state index contributed by atoms with van der Waals surface area (Å²) in [6.07, 6.45) is 5.83. The normalized spacial score (nSPS) is 14.5. The Balaban J connectivity index is 1.41. The topological polar surface area (TPSA) is 110 Å². The zero-order valence-corrected chi connectivity index (χ0v) is 21.6. The Hall–Kier alpha value is -4.24. The van der Waals surface area contributed by atoms with Gasteiger partial charge in [0.2, 0.25) is 11.4 Å². The van der Waals surface area contributed by atoms with Crippen LogP contribution >= 0.6 is 0 Å². The van der Waals surface area contributed by atoms with Crippen molar-refractivity contribution >= 4 is 28.6 Å². The zero-order valence-electron chi connectivity index (χ0n) is 21.6. The first kappa shape index (κ1) is 25.4. The molecule has 0 unspecified atom stereocenters. The number of rotatable bonds is 8. The Morgan fingerprint density at radius 3 is 2.42 bits per heavy atom. The number of likely N-dealkylation sites (tertiary alicyclic amines) is 1. The molecule has 1 aliphatic heterocycles. The van der Waals surface area contributed by atoms with Crippen molar-refractivity contribution in [3.8, 4) is 11.4 Å². The predicted molar refractivity (Wildman–Crippen MR) is 147 cm³/mol.